The first-order chi connectivity index (χ1) is 12.7. The van der Waals surface area contributed by atoms with Crippen LogP contribution in [0.15, 0.2) is 18.2 Å². The van der Waals surface area contributed by atoms with E-state index in [-0.39, 0.29) is 24.1 Å². The zero-order chi connectivity index (χ0) is 20.0. The first-order valence-corrected chi connectivity index (χ1v) is 9.78. The molecule has 1 aliphatic carbocycles. The van der Waals surface area contributed by atoms with Crippen LogP contribution < -0.4 is 10.6 Å². The average molecular weight is 397 g/mol. The van der Waals surface area contributed by atoms with Crippen LogP contribution in [0.1, 0.15) is 63.7 Å². The second kappa shape index (κ2) is 9.31. The molecule has 1 saturated carbocycles. The number of nitrogens with one attached hydrogen (secondary N) is 2. The van der Waals surface area contributed by atoms with Gasteiger partial charge in [-0.15, -0.1) is 0 Å². The maximum Gasteiger partial charge on any atom is 0.407 e. The number of hydrogen-bond donors (Lipinski definition) is 2. The Hall–Kier alpha value is -1.95. The van der Waals surface area contributed by atoms with Gasteiger partial charge in [-0.05, 0) is 71.6 Å². The molecule has 0 bridgehead atoms. The van der Waals surface area contributed by atoms with Crippen molar-refractivity contribution in [1.82, 2.24) is 5.32 Å². The molecule has 0 unspecified atom stereocenters. The number of rotatable bonds is 5. The highest BCUT2D eigenvalue weighted by Crippen LogP contribution is 2.28. The van der Waals surface area contributed by atoms with Crippen LogP contribution in [0, 0.1) is 0 Å². The van der Waals surface area contributed by atoms with Gasteiger partial charge in [-0.3, -0.25) is 0 Å². The Morgan fingerprint density at radius 3 is 2.37 bits per heavy atom. The number of anilines is 1. The fraction of sp³-hybridized carbons (Fsp3) is 0.600. The van der Waals surface area contributed by atoms with E-state index in [0.29, 0.717) is 17.2 Å². The molecule has 1 fully saturated rings. The summed E-state index contributed by atoms with van der Waals surface area (Å²) < 4.78 is 10.3. The highest BCUT2D eigenvalue weighted by atomic mass is 35.5. The van der Waals surface area contributed by atoms with Gasteiger partial charge in [0.15, 0.2) is 0 Å². The lowest BCUT2D eigenvalue weighted by Gasteiger charge is -2.31. The number of hydrogen-bond acceptors (Lipinski definition) is 5. The van der Waals surface area contributed by atoms with E-state index in [2.05, 4.69) is 10.6 Å². The molecule has 0 atom stereocenters. The summed E-state index contributed by atoms with van der Waals surface area (Å²) in [4.78, 5) is 23.8. The number of ether oxygens (including phenoxy) is 2. The van der Waals surface area contributed by atoms with E-state index in [1.165, 1.54) is 0 Å². The number of carbonyl (C=O) groups excluding carboxylic acids is 2. The van der Waals surface area contributed by atoms with Gasteiger partial charge < -0.3 is 20.1 Å². The van der Waals surface area contributed by atoms with E-state index in [9.17, 15) is 9.59 Å². The molecule has 0 radical (unpaired) electrons. The van der Waals surface area contributed by atoms with Gasteiger partial charge in [-0.2, -0.15) is 0 Å². The Balaban J connectivity index is 1.87. The van der Waals surface area contributed by atoms with Crippen molar-refractivity contribution in [1.29, 1.82) is 0 Å². The summed E-state index contributed by atoms with van der Waals surface area (Å²) in [6.45, 7) is 7.65. The molecule has 0 aliphatic heterocycles. The van der Waals surface area contributed by atoms with E-state index in [4.69, 9.17) is 21.1 Å². The molecular formula is C20H29ClN2O4. The van der Waals surface area contributed by atoms with Crippen LogP contribution >= 0.6 is 11.6 Å². The molecule has 7 heteroatoms. The molecule has 1 aliphatic rings. The van der Waals surface area contributed by atoms with E-state index in [1.54, 1.807) is 25.1 Å². The number of amides is 1. The Labute approximate surface area is 165 Å². The lowest BCUT2D eigenvalue weighted by atomic mass is 9.91. The highest BCUT2D eigenvalue weighted by molar-refractivity contribution is 6.33. The third-order valence-corrected chi connectivity index (χ3v) is 4.61. The molecule has 0 aromatic heterocycles. The van der Waals surface area contributed by atoms with Crippen molar-refractivity contribution in [2.45, 2.75) is 71.1 Å². The van der Waals surface area contributed by atoms with E-state index < -0.39 is 5.60 Å². The average Bonchev–Trinajstić information content (AvgIpc) is 2.57. The van der Waals surface area contributed by atoms with Crippen LogP contribution in [0.3, 0.4) is 0 Å². The van der Waals surface area contributed by atoms with Gasteiger partial charge in [0, 0.05) is 12.1 Å². The Morgan fingerprint density at radius 1 is 1.15 bits per heavy atom. The number of halogens is 1. The normalized spacial score (nSPS) is 19.9. The minimum atomic E-state index is -0.496. The van der Waals surface area contributed by atoms with Crippen molar-refractivity contribution >= 4 is 29.4 Å². The Bertz CT molecular complexity index is 664. The predicted molar refractivity (Wildman–Crippen MR) is 106 cm³/mol. The van der Waals surface area contributed by atoms with E-state index in [0.717, 1.165) is 31.4 Å². The lowest BCUT2D eigenvalue weighted by Crippen LogP contribution is -2.42. The minimum Gasteiger partial charge on any atom is -0.462 e. The second-order valence-corrected chi connectivity index (χ2v) is 8.16. The van der Waals surface area contributed by atoms with Crippen molar-refractivity contribution in [2.75, 3.05) is 11.9 Å². The van der Waals surface area contributed by atoms with Crippen molar-refractivity contribution < 1.29 is 19.1 Å². The van der Waals surface area contributed by atoms with Crippen molar-refractivity contribution in [3.8, 4) is 0 Å². The molecule has 6 nitrogen and oxygen atoms in total. The van der Waals surface area contributed by atoms with Crippen molar-refractivity contribution in [3.05, 3.63) is 28.8 Å². The Kier molecular flexibility index (Phi) is 7.36. The van der Waals surface area contributed by atoms with Gasteiger partial charge in [0.2, 0.25) is 0 Å². The van der Waals surface area contributed by atoms with Gasteiger partial charge in [0.1, 0.15) is 5.60 Å². The van der Waals surface area contributed by atoms with Crippen LogP contribution in [-0.4, -0.2) is 36.4 Å². The number of alkyl carbamates (subject to hydrolysis) is 1. The molecule has 1 aromatic rings. The van der Waals surface area contributed by atoms with E-state index in [1.807, 2.05) is 20.8 Å². The van der Waals surface area contributed by atoms with E-state index >= 15 is 0 Å². The largest absolute Gasteiger partial charge is 0.462 e. The molecule has 0 spiro atoms. The number of benzene rings is 1. The van der Waals surface area contributed by atoms with Gasteiger partial charge in [0.25, 0.3) is 0 Å². The van der Waals surface area contributed by atoms with Gasteiger partial charge >= 0.3 is 12.1 Å². The zero-order valence-electron chi connectivity index (χ0n) is 16.4. The molecule has 2 rings (SSSR count). The summed E-state index contributed by atoms with van der Waals surface area (Å²) in [5.41, 5.74) is 0.707. The van der Waals surface area contributed by atoms with Gasteiger partial charge in [-0.25, -0.2) is 9.59 Å². The first-order valence-electron chi connectivity index (χ1n) is 9.40. The molecule has 150 valence electrons. The summed E-state index contributed by atoms with van der Waals surface area (Å²) in [7, 11) is 0. The van der Waals surface area contributed by atoms with Crippen LogP contribution in [0.5, 0.6) is 0 Å². The van der Waals surface area contributed by atoms with Crippen molar-refractivity contribution in [2.24, 2.45) is 0 Å². The highest BCUT2D eigenvalue weighted by Gasteiger charge is 2.25. The van der Waals surface area contributed by atoms with Crippen LogP contribution in [0.2, 0.25) is 5.02 Å². The monoisotopic (exact) mass is 396 g/mol. The quantitative estimate of drug-likeness (QED) is 0.701. The molecule has 0 saturated heterocycles. The van der Waals surface area contributed by atoms with Gasteiger partial charge in [-0.1, -0.05) is 11.6 Å². The smallest absolute Gasteiger partial charge is 0.407 e. The molecule has 0 heterocycles. The summed E-state index contributed by atoms with van der Waals surface area (Å²) in [5.74, 6) is -0.359. The third-order valence-electron chi connectivity index (χ3n) is 4.29. The fourth-order valence-corrected chi connectivity index (χ4v) is 3.23. The maximum atomic E-state index is 11.9. The van der Waals surface area contributed by atoms with Crippen LogP contribution in [0.4, 0.5) is 10.5 Å². The zero-order valence-corrected chi connectivity index (χ0v) is 17.2. The summed E-state index contributed by atoms with van der Waals surface area (Å²) in [6.07, 6.45) is 3.11. The number of carbonyl (C=O) groups is 2. The van der Waals surface area contributed by atoms with Crippen LogP contribution in [-0.2, 0) is 9.47 Å². The lowest BCUT2D eigenvalue weighted by molar-refractivity contribution is 0.0489. The third kappa shape index (κ3) is 6.94. The van der Waals surface area contributed by atoms with Gasteiger partial charge in [0.05, 0.1) is 22.9 Å². The number of esters is 1. The molecule has 1 amide bonds. The fourth-order valence-electron chi connectivity index (χ4n) is 3.05. The minimum absolute atomic E-state index is 0.110. The standard InChI is InChI=1S/C20H29ClN2O4/c1-5-26-18(24)13-6-11-16(21)17(12-13)22-14-7-9-15(10-8-14)23-19(25)27-20(2,3)4/h6,11-12,14-15,22H,5,7-10H2,1-4H3,(H,23,25)/t14-,15-. The summed E-state index contributed by atoms with van der Waals surface area (Å²) in [5, 5.41) is 6.91. The second-order valence-electron chi connectivity index (χ2n) is 7.75. The topological polar surface area (TPSA) is 76.7 Å². The SMILES string of the molecule is CCOC(=O)c1ccc(Cl)c(N[C@H]2CC[C@H](NC(=O)OC(C)(C)C)CC2)c1. The Morgan fingerprint density at radius 2 is 1.78 bits per heavy atom. The first kappa shape index (κ1) is 21.4. The molecule has 2 N–H and O–H groups in total. The molecular weight excluding hydrogens is 368 g/mol. The molecule has 27 heavy (non-hydrogen) atoms. The predicted octanol–water partition coefficient (Wildman–Crippen LogP) is 4.76. The summed E-state index contributed by atoms with van der Waals surface area (Å²) in [6, 6.07) is 5.43. The van der Waals surface area contributed by atoms with Crippen LogP contribution in [0.25, 0.3) is 0 Å². The molecule has 1 aromatic carbocycles. The maximum absolute atomic E-state index is 11.9. The summed E-state index contributed by atoms with van der Waals surface area (Å²) >= 11 is 6.27. The van der Waals surface area contributed by atoms with Crippen molar-refractivity contribution in [3.63, 3.8) is 0 Å².